The van der Waals surface area contributed by atoms with Crippen LogP contribution in [0.3, 0.4) is 0 Å². The molecule has 6 nitrogen and oxygen atoms in total. The number of ketones is 1. The van der Waals surface area contributed by atoms with Crippen molar-refractivity contribution in [2.75, 3.05) is 25.2 Å². The lowest BCUT2D eigenvalue weighted by atomic mass is 9.83. The zero-order chi connectivity index (χ0) is 20.6. The van der Waals surface area contributed by atoms with Crippen molar-refractivity contribution in [3.8, 4) is 11.5 Å². The zero-order valence-corrected chi connectivity index (χ0v) is 16.7. The van der Waals surface area contributed by atoms with Crippen molar-refractivity contribution in [3.63, 3.8) is 0 Å². The highest BCUT2D eigenvalue weighted by molar-refractivity contribution is 5.94. The molecule has 2 heterocycles. The molecule has 0 bridgehead atoms. The summed E-state index contributed by atoms with van der Waals surface area (Å²) in [5.74, 6) is 0.177. The quantitative estimate of drug-likeness (QED) is 0.587. The monoisotopic (exact) mass is 393 g/mol. The summed E-state index contributed by atoms with van der Waals surface area (Å²) in [5.41, 5.74) is 2.78. The average Bonchev–Trinajstić information content (AvgIpc) is 2.92. The number of para-hydroxylation sites is 3. The molecule has 0 spiro atoms. The van der Waals surface area contributed by atoms with E-state index in [2.05, 4.69) is 19.9 Å². The molecule has 0 aliphatic carbocycles. The molecule has 150 valence electrons. The molecule has 0 saturated heterocycles. The molecular weight excluding hydrogens is 370 g/mol. The molecule has 2 aromatic rings. The molecule has 0 unspecified atom stereocenters. The van der Waals surface area contributed by atoms with Crippen LogP contribution >= 0.6 is 0 Å². The van der Waals surface area contributed by atoms with E-state index < -0.39 is 12.1 Å². The number of likely N-dealkylation sites (N-methyl/N-ethyl adjacent to an activating group) is 1. The largest absolute Gasteiger partial charge is 0.485 e. The lowest BCUT2D eigenvalue weighted by Crippen LogP contribution is -2.38. The third-order valence-electron chi connectivity index (χ3n) is 5.37. The Kier molecular flexibility index (Phi) is 4.78. The van der Waals surface area contributed by atoms with Crippen LogP contribution in [0.1, 0.15) is 19.4 Å². The van der Waals surface area contributed by atoms with Gasteiger partial charge in [-0.15, -0.1) is 0 Å². The lowest BCUT2D eigenvalue weighted by Gasteiger charge is -2.25. The van der Waals surface area contributed by atoms with Crippen LogP contribution in [-0.2, 0) is 19.7 Å². The number of hydrogen-bond donors (Lipinski definition) is 0. The standard InChI is InChI=1S/C23H23NO5/c1-23(2)16-8-4-5-9-17(16)24(3)21(23)12-15(25)13-28-22(26)20-14-27-18-10-6-7-11-19(18)29-20/h4-12,20H,13-14H2,1-3H3/b21-12+/t20-/m0/s1. The van der Waals surface area contributed by atoms with Crippen LogP contribution in [-0.4, -0.2) is 38.1 Å². The van der Waals surface area contributed by atoms with Crippen LogP contribution in [0.2, 0.25) is 0 Å². The summed E-state index contributed by atoms with van der Waals surface area (Å²) < 4.78 is 16.3. The molecule has 0 radical (unpaired) electrons. The summed E-state index contributed by atoms with van der Waals surface area (Å²) in [4.78, 5) is 26.8. The fraction of sp³-hybridized carbons (Fsp3) is 0.304. The third-order valence-corrected chi connectivity index (χ3v) is 5.37. The Bertz CT molecular complexity index is 994. The normalized spacial score (nSPS) is 20.3. The Morgan fingerprint density at radius 3 is 2.59 bits per heavy atom. The van der Waals surface area contributed by atoms with Crippen LogP contribution in [0.5, 0.6) is 11.5 Å². The SMILES string of the molecule is CN1/C(=C/C(=O)COC(=O)[C@@H]2COc3ccccc3O2)C(C)(C)c2ccccc21. The van der Waals surface area contributed by atoms with Crippen molar-refractivity contribution < 1.29 is 23.8 Å². The van der Waals surface area contributed by atoms with Gasteiger partial charge in [0.1, 0.15) is 6.61 Å². The predicted octanol–water partition coefficient (Wildman–Crippen LogP) is 3.25. The summed E-state index contributed by atoms with van der Waals surface area (Å²) in [6.45, 7) is 3.86. The first-order chi connectivity index (χ1) is 13.9. The smallest absolute Gasteiger partial charge is 0.351 e. The minimum atomic E-state index is -0.889. The Hall–Kier alpha value is -3.28. The molecule has 29 heavy (non-hydrogen) atoms. The van der Waals surface area contributed by atoms with Gasteiger partial charge in [-0.1, -0.05) is 44.2 Å². The van der Waals surface area contributed by atoms with E-state index >= 15 is 0 Å². The molecule has 0 aromatic heterocycles. The molecule has 0 fully saturated rings. The minimum Gasteiger partial charge on any atom is -0.485 e. The Morgan fingerprint density at radius 2 is 1.83 bits per heavy atom. The van der Waals surface area contributed by atoms with Crippen molar-refractivity contribution in [1.29, 1.82) is 0 Å². The fourth-order valence-corrected chi connectivity index (χ4v) is 3.82. The average molecular weight is 393 g/mol. The second-order valence-corrected chi connectivity index (χ2v) is 7.67. The van der Waals surface area contributed by atoms with Gasteiger partial charge >= 0.3 is 5.97 Å². The van der Waals surface area contributed by atoms with E-state index in [4.69, 9.17) is 14.2 Å². The summed E-state index contributed by atoms with van der Waals surface area (Å²) in [6, 6.07) is 15.2. The number of rotatable bonds is 4. The lowest BCUT2D eigenvalue weighted by molar-refractivity contribution is -0.156. The van der Waals surface area contributed by atoms with Crippen LogP contribution in [0.4, 0.5) is 5.69 Å². The van der Waals surface area contributed by atoms with Gasteiger partial charge in [0.2, 0.25) is 6.10 Å². The van der Waals surface area contributed by atoms with Crippen LogP contribution < -0.4 is 14.4 Å². The molecular formula is C23H23NO5. The first-order valence-corrected chi connectivity index (χ1v) is 9.51. The van der Waals surface area contributed by atoms with Crippen molar-refractivity contribution in [2.24, 2.45) is 0 Å². The van der Waals surface area contributed by atoms with E-state index in [0.29, 0.717) is 11.5 Å². The number of anilines is 1. The Labute approximate surface area is 169 Å². The van der Waals surface area contributed by atoms with Crippen LogP contribution in [0, 0.1) is 0 Å². The molecule has 4 rings (SSSR count). The minimum absolute atomic E-state index is 0.0518. The van der Waals surface area contributed by atoms with Gasteiger partial charge in [-0.25, -0.2) is 4.79 Å². The van der Waals surface area contributed by atoms with E-state index in [1.165, 1.54) is 0 Å². The number of carbonyl (C=O) groups excluding carboxylic acids is 2. The number of ether oxygens (including phenoxy) is 3. The van der Waals surface area contributed by atoms with Crippen molar-refractivity contribution in [3.05, 3.63) is 65.9 Å². The maximum absolute atomic E-state index is 12.5. The maximum Gasteiger partial charge on any atom is 0.351 e. The van der Waals surface area contributed by atoms with Gasteiger partial charge in [-0.3, -0.25) is 4.79 Å². The van der Waals surface area contributed by atoms with Crippen molar-refractivity contribution >= 4 is 17.4 Å². The fourth-order valence-electron chi connectivity index (χ4n) is 3.82. The van der Waals surface area contributed by atoms with E-state index in [-0.39, 0.29) is 24.4 Å². The zero-order valence-electron chi connectivity index (χ0n) is 16.7. The number of fused-ring (bicyclic) bond motifs is 2. The van der Waals surface area contributed by atoms with Gasteiger partial charge < -0.3 is 19.1 Å². The summed E-state index contributed by atoms with van der Waals surface area (Å²) in [6.07, 6.45) is 0.668. The summed E-state index contributed by atoms with van der Waals surface area (Å²) in [7, 11) is 1.93. The number of allylic oxidation sites excluding steroid dienone is 1. The first-order valence-electron chi connectivity index (χ1n) is 9.51. The molecule has 1 atom stereocenters. The van der Waals surface area contributed by atoms with Gasteiger partial charge in [0.25, 0.3) is 0 Å². The van der Waals surface area contributed by atoms with Gasteiger partial charge in [0, 0.05) is 29.9 Å². The van der Waals surface area contributed by atoms with Gasteiger partial charge in [-0.2, -0.15) is 0 Å². The summed E-state index contributed by atoms with van der Waals surface area (Å²) in [5, 5.41) is 0. The number of nitrogens with zero attached hydrogens (tertiary/aromatic N) is 1. The van der Waals surface area contributed by atoms with Crippen molar-refractivity contribution in [1.82, 2.24) is 0 Å². The molecule has 6 heteroatoms. The van der Waals surface area contributed by atoms with E-state index in [1.807, 2.05) is 36.2 Å². The topological polar surface area (TPSA) is 65.1 Å². The van der Waals surface area contributed by atoms with Crippen LogP contribution in [0.15, 0.2) is 60.3 Å². The number of carbonyl (C=O) groups is 2. The Balaban J connectivity index is 1.40. The first kappa shape index (κ1) is 19.1. The van der Waals surface area contributed by atoms with E-state index in [9.17, 15) is 9.59 Å². The van der Waals surface area contributed by atoms with Gasteiger partial charge in [0.05, 0.1) is 0 Å². The molecule has 0 amide bonds. The van der Waals surface area contributed by atoms with Gasteiger partial charge in [0.15, 0.2) is 23.9 Å². The number of benzene rings is 2. The number of esters is 1. The number of hydrogen-bond acceptors (Lipinski definition) is 6. The third kappa shape index (κ3) is 3.46. The highest BCUT2D eigenvalue weighted by Crippen LogP contribution is 2.46. The second kappa shape index (κ2) is 7.28. The predicted molar refractivity (Wildman–Crippen MR) is 108 cm³/mol. The maximum atomic E-state index is 12.5. The Morgan fingerprint density at radius 1 is 1.14 bits per heavy atom. The molecule has 0 saturated carbocycles. The molecule has 2 aliphatic rings. The van der Waals surface area contributed by atoms with Crippen LogP contribution in [0.25, 0.3) is 0 Å². The second-order valence-electron chi connectivity index (χ2n) is 7.67. The highest BCUT2D eigenvalue weighted by atomic mass is 16.6. The van der Waals surface area contributed by atoms with E-state index in [0.717, 1.165) is 16.9 Å². The molecule has 2 aliphatic heterocycles. The molecule has 0 N–H and O–H groups in total. The van der Waals surface area contributed by atoms with E-state index in [1.54, 1.807) is 24.3 Å². The molecule has 2 aromatic carbocycles. The summed E-state index contributed by atoms with van der Waals surface area (Å²) >= 11 is 0. The highest BCUT2D eigenvalue weighted by Gasteiger charge is 2.38. The van der Waals surface area contributed by atoms with Crippen molar-refractivity contribution in [2.45, 2.75) is 25.4 Å². The van der Waals surface area contributed by atoms with Gasteiger partial charge in [-0.05, 0) is 23.8 Å².